The molecule has 0 saturated heterocycles. The highest BCUT2D eigenvalue weighted by molar-refractivity contribution is 5.79. The lowest BCUT2D eigenvalue weighted by molar-refractivity contribution is -0.120. The van der Waals surface area contributed by atoms with Gasteiger partial charge in [-0.15, -0.1) is 0 Å². The molecule has 2 aliphatic carbocycles. The molecule has 0 amide bonds. The second-order valence-corrected chi connectivity index (χ2v) is 5.81. The van der Waals surface area contributed by atoms with Crippen LogP contribution < -0.4 is 4.90 Å². The van der Waals surface area contributed by atoms with Crippen LogP contribution in [0, 0.1) is 11.3 Å². The Hall–Kier alpha value is -1.89. The number of anilines is 1. The summed E-state index contributed by atoms with van der Waals surface area (Å²) in [5, 5.41) is 9.37. The van der Waals surface area contributed by atoms with Gasteiger partial charge in [0.2, 0.25) is 0 Å². The summed E-state index contributed by atoms with van der Waals surface area (Å²) in [4.78, 5) is 18.2. The number of aryl methyl sites for hydroxylation is 2. The van der Waals surface area contributed by atoms with Crippen molar-refractivity contribution in [1.29, 1.82) is 5.26 Å². The fourth-order valence-electron chi connectivity index (χ4n) is 3.30. The first-order chi connectivity index (χ1) is 9.69. The van der Waals surface area contributed by atoms with E-state index in [9.17, 15) is 10.1 Å². The van der Waals surface area contributed by atoms with Gasteiger partial charge >= 0.3 is 0 Å². The number of rotatable bonds is 2. The van der Waals surface area contributed by atoms with Crippen molar-refractivity contribution < 1.29 is 4.79 Å². The fraction of sp³-hybridized carbons (Fsp3) is 0.562. The van der Waals surface area contributed by atoms with Crippen molar-refractivity contribution in [3.05, 3.63) is 22.9 Å². The molecule has 1 saturated carbocycles. The van der Waals surface area contributed by atoms with E-state index < -0.39 is 0 Å². The van der Waals surface area contributed by atoms with Crippen molar-refractivity contribution in [2.75, 3.05) is 11.9 Å². The molecule has 1 aromatic rings. The highest BCUT2D eigenvalue weighted by Gasteiger charge is 2.26. The third-order valence-electron chi connectivity index (χ3n) is 4.55. The number of nitriles is 1. The van der Waals surface area contributed by atoms with Crippen LogP contribution in [-0.2, 0) is 17.6 Å². The molecule has 1 aromatic heterocycles. The summed E-state index contributed by atoms with van der Waals surface area (Å²) < 4.78 is 0. The molecular weight excluding hydrogens is 250 g/mol. The van der Waals surface area contributed by atoms with Crippen molar-refractivity contribution in [3.63, 3.8) is 0 Å². The summed E-state index contributed by atoms with van der Waals surface area (Å²) in [7, 11) is 2.00. The first-order valence-electron chi connectivity index (χ1n) is 7.36. The molecule has 1 fully saturated rings. The predicted molar refractivity (Wildman–Crippen MR) is 76.6 cm³/mol. The second-order valence-electron chi connectivity index (χ2n) is 5.81. The molecule has 20 heavy (non-hydrogen) atoms. The van der Waals surface area contributed by atoms with Gasteiger partial charge in [-0.05, 0) is 43.7 Å². The van der Waals surface area contributed by atoms with E-state index in [-0.39, 0.29) is 0 Å². The lowest BCUT2D eigenvalue weighted by atomic mass is 9.93. The highest BCUT2D eigenvalue weighted by Crippen LogP contribution is 2.30. The molecule has 0 N–H and O–H groups in total. The first kappa shape index (κ1) is 13.1. The van der Waals surface area contributed by atoms with Crippen molar-refractivity contribution in [1.82, 2.24) is 4.98 Å². The SMILES string of the molecule is CN(c1nc2c(cc1C#N)CCC2)C1CCC(=O)CC1. The molecule has 104 valence electrons. The van der Waals surface area contributed by atoms with Gasteiger partial charge < -0.3 is 4.90 Å². The maximum absolute atomic E-state index is 11.4. The van der Waals surface area contributed by atoms with Crippen LogP contribution in [0.3, 0.4) is 0 Å². The second kappa shape index (κ2) is 5.24. The number of fused-ring (bicyclic) bond motifs is 1. The van der Waals surface area contributed by atoms with Crippen molar-refractivity contribution in [2.24, 2.45) is 0 Å². The third kappa shape index (κ3) is 2.29. The van der Waals surface area contributed by atoms with E-state index >= 15 is 0 Å². The minimum atomic E-state index is 0.326. The Balaban J connectivity index is 1.89. The molecular formula is C16H19N3O. The zero-order valence-electron chi connectivity index (χ0n) is 11.9. The molecule has 0 aromatic carbocycles. The molecule has 0 radical (unpaired) electrons. The zero-order chi connectivity index (χ0) is 14.1. The zero-order valence-corrected chi connectivity index (χ0v) is 11.9. The van der Waals surface area contributed by atoms with Crippen LogP contribution in [0.4, 0.5) is 5.82 Å². The van der Waals surface area contributed by atoms with Gasteiger partial charge in [0.15, 0.2) is 0 Å². The normalized spacial score (nSPS) is 18.7. The molecule has 0 atom stereocenters. The van der Waals surface area contributed by atoms with Gasteiger partial charge in [0.1, 0.15) is 17.7 Å². The van der Waals surface area contributed by atoms with Crippen molar-refractivity contribution in [2.45, 2.75) is 51.0 Å². The largest absolute Gasteiger partial charge is 0.356 e. The number of carbonyl (C=O) groups excluding carboxylic acids is 1. The van der Waals surface area contributed by atoms with E-state index in [0.717, 1.165) is 43.6 Å². The molecule has 1 heterocycles. The van der Waals surface area contributed by atoms with Crippen molar-refractivity contribution in [3.8, 4) is 6.07 Å². The van der Waals surface area contributed by atoms with Gasteiger partial charge in [0, 0.05) is 31.6 Å². The summed E-state index contributed by atoms with van der Waals surface area (Å²) in [6.45, 7) is 0. The molecule has 4 heteroatoms. The standard InChI is InChI=1S/C16H19N3O/c1-19(13-5-7-14(20)8-6-13)16-12(10-17)9-11-3-2-4-15(11)18-16/h9,13H,2-8H2,1H3. The Bertz CT molecular complexity index is 578. The number of nitrogens with zero attached hydrogens (tertiary/aromatic N) is 3. The van der Waals surface area contributed by atoms with E-state index in [1.165, 1.54) is 5.56 Å². The maximum Gasteiger partial charge on any atom is 0.146 e. The van der Waals surface area contributed by atoms with Gasteiger partial charge in [-0.1, -0.05) is 0 Å². The predicted octanol–water partition coefficient (Wildman–Crippen LogP) is 2.39. The minimum absolute atomic E-state index is 0.326. The van der Waals surface area contributed by atoms with Crippen LogP contribution in [-0.4, -0.2) is 23.9 Å². The van der Waals surface area contributed by atoms with E-state index in [2.05, 4.69) is 11.0 Å². The average molecular weight is 269 g/mol. The number of ketones is 1. The van der Waals surface area contributed by atoms with Crippen LogP contribution >= 0.6 is 0 Å². The Morgan fingerprint density at radius 1 is 1.30 bits per heavy atom. The summed E-state index contributed by atoms with van der Waals surface area (Å²) in [6.07, 6.45) is 6.25. The first-order valence-corrected chi connectivity index (χ1v) is 7.36. The van der Waals surface area contributed by atoms with E-state index in [4.69, 9.17) is 4.98 Å². The minimum Gasteiger partial charge on any atom is -0.356 e. The lowest BCUT2D eigenvalue weighted by Crippen LogP contribution is -2.36. The van der Waals surface area contributed by atoms with E-state index in [1.54, 1.807) is 0 Å². The van der Waals surface area contributed by atoms with E-state index in [0.29, 0.717) is 30.2 Å². The summed E-state index contributed by atoms with van der Waals surface area (Å²) >= 11 is 0. The van der Waals surface area contributed by atoms with Crippen LogP contribution in [0.2, 0.25) is 0 Å². The molecule has 0 aliphatic heterocycles. The lowest BCUT2D eigenvalue weighted by Gasteiger charge is -2.32. The summed E-state index contributed by atoms with van der Waals surface area (Å²) in [5.74, 6) is 1.16. The van der Waals surface area contributed by atoms with Crippen LogP contribution in [0.25, 0.3) is 0 Å². The Morgan fingerprint density at radius 3 is 2.75 bits per heavy atom. The van der Waals surface area contributed by atoms with Gasteiger partial charge in [0.25, 0.3) is 0 Å². The smallest absolute Gasteiger partial charge is 0.146 e. The van der Waals surface area contributed by atoms with Gasteiger partial charge in [0.05, 0.1) is 5.56 Å². The number of carbonyl (C=O) groups is 1. The van der Waals surface area contributed by atoms with E-state index in [1.807, 2.05) is 13.1 Å². The fourth-order valence-corrected chi connectivity index (χ4v) is 3.30. The molecule has 2 aliphatic rings. The number of hydrogen-bond donors (Lipinski definition) is 0. The summed E-state index contributed by atoms with van der Waals surface area (Å²) in [5.41, 5.74) is 3.06. The van der Waals surface area contributed by atoms with Gasteiger partial charge in [-0.3, -0.25) is 4.79 Å². The number of pyridine rings is 1. The maximum atomic E-state index is 11.4. The average Bonchev–Trinajstić information content (AvgIpc) is 2.93. The van der Waals surface area contributed by atoms with Crippen LogP contribution in [0.5, 0.6) is 0 Å². The molecule has 0 unspecified atom stereocenters. The quantitative estimate of drug-likeness (QED) is 0.827. The van der Waals surface area contributed by atoms with Gasteiger partial charge in [-0.2, -0.15) is 5.26 Å². The monoisotopic (exact) mass is 269 g/mol. The number of Topliss-reactive ketones (excluding diaryl/α,β-unsaturated/α-hetero) is 1. The number of aromatic nitrogens is 1. The molecule has 3 rings (SSSR count). The molecule has 0 spiro atoms. The third-order valence-corrected chi connectivity index (χ3v) is 4.55. The number of hydrogen-bond acceptors (Lipinski definition) is 4. The Morgan fingerprint density at radius 2 is 2.05 bits per heavy atom. The van der Waals surface area contributed by atoms with Crippen molar-refractivity contribution >= 4 is 11.6 Å². The van der Waals surface area contributed by atoms with Crippen LogP contribution in [0.15, 0.2) is 6.07 Å². The van der Waals surface area contributed by atoms with Gasteiger partial charge in [-0.25, -0.2) is 4.98 Å². The Kier molecular flexibility index (Phi) is 3.43. The van der Waals surface area contributed by atoms with Crippen LogP contribution in [0.1, 0.15) is 48.9 Å². The molecule has 4 nitrogen and oxygen atoms in total. The highest BCUT2D eigenvalue weighted by atomic mass is 16.1. The molecule has 0 bridgehead atoms. The Labute approximate surface area is 119 Å². The summed E-state index contributed by atoms with van der Waals surface area (Å²) in [6, 6.07) is 4.62. The topological polar surface area (TPSA) is 57.0 Å².